The van der Waals surface area contributed by atoms with E-state index in [-0.39, 0.29) is 16.9 Å². The van der Waals surface area contributed by atoms with Crippen LogP contribution in [0.15, 0.2) is 112 Å². The summed E-state index contributed by atoms with van der Waals surface area (Å²) in [6.07, 6.45) is 2.18. The van der Waals surface area contributed by atoms with Crippen molar-refractivity contribution in [3.63, 3.8) is 0 Å². The maximum Gasteiger partial charge on any atom is 0.206 e. The fraction of sp³-hybridized carbons (Fsp3) is 0.111. The van der Waals surface area contributed by atoms with Crippen LogP contribution in [0.25, 0.3) is 5.76 Å². The first-order chi connectivity index (χ1) is 15.1. The molecule has 0 saturated heterocycles. The second-order valence-corrected chi connectivity index (χ2v) is 9.50. The van der Waals surface area contributed by atoms with E-state index in [2.05, 4.69) is 11.8 Å². The molecule has 1 aliphatic heterocycles. The Morgan fingerprint density at radius 3 is 2.06 bits per heavy atom. The maximum absolute atomic E-state index is 13.6. The van der Waals surface area contributed by atoms with E-state index in [1.807, 2.05) is 72.8 Å². The van der Waals surface area contributed by atoms with E-state index >= 15 is 0 Å². The lowest BCUT2D eigenvalue weighted by molar-refractivity contribution is 0.207. The molecule has 2 unspecified atom stereocenters. The van der Waals surface area contributed by atoms with E-state index < -0.39 is 9.84 Å². The number of ether oxygens (including phenoxy) is 1. The van der Waals surface area contributed by atoms with Gasteiger partial charge in [0.05, 0.1) is 9.80 Å². The van der Waals surface area contributed by atoms with Crippen LogP contribution in [-0.2, 0) is 14.6 Å². The van der Waals surface area contributed by atoms with Crippen LogP contribution in [0, 0.1) is 17.8 Å². The second-order valence-electron chi connectivity index (χ2n) is 7.58. The molecule has 0 saturated carbocycles. The number of sulfone groups is 1. The van der Waals surface area contributed by atoms with Crippen LogP contribution in [0.4, 0.5) is 0 Å². The van der Waals surface area contributed by atoms with E-state index in [1.165, 1.54) is 0 Å². The van der Waals surface area contributed by atoms with Gasteiger partial charge in [-0.05, 0) is 36.8 Å². The van der Waals surface area contributed by atoms with Crippen molar-refractivity contribution in [2.45, 2.75) is 17.4 Å². The number of hydrogen-bond acceptors (Lipinski definition) is 3. The Labute approximate surface area is 182 Å². The third-order valence-corrected chi connectivity index (χ3v) is 7.50. The number of benzene rings is 3. The summed E-state index contributed by atoms with van der Waals surface area (Å²) >= 11 is 0. The van der Waals surface area contributed by atoms with Crippen LogP contribution in [0.5, 0.6) is 0 Å². The van der Waals surface area contributed by atoms with Gasteiger partial charge in [0.2, 0.25) is 9.84 Å². The highest BCUT2D eigenvalue weighted by atomic mass is 32.2. The molecule has 2 atom stereocenters. The summed E-state index contributed by atoms with van der Waals surface area (Å²) in [4.78, 5) is 0.633. The van der Waals surface area contributed by atoms with Crippen LogP contribution >= 0.6 is 0 Å². The van der Waals surface area contributed by atoms with Crippen molar-refractivity contribution in [1.82, 2.24) is 0 Å². The molecule has 2 aliphatic rings. The molecular formula is C27H20O3S. The molecular weight excluding hydrogens is 404 g/mol. The molecule has 3 aromatic carbocycles. The average Bonchev–Trinajstić information content (AvgIpc) is 3.37. The van der Waals surface area contributed by atoms with Gasteiger partial charge in [-0.15, -0.1) is 0 Å². The minimum absolute atomic E-state index is 0.277. The van der Waals surface area contributed by atoms with Gasteiger partial charge < -0.3 is 4.74 Å². The normalized spacial score (nSPS) is 19.8. The zero-order valence-electron chi connectivity index (χ0n) is 16.7. The summed E-state index contributed by atoms with van der Waals surface area (Å²) in [6, 6.07) is 27.8. The highest BCUT2D eigenvalue weighted by molar-refractivity contribution is 7.95. The minimum Gasteiger partial charge on any atom is -0.484 e. The van der Waals surface area contributed by atoms with Crippen LogP contribution < -0.4 is 0 Å². The molecule has 0 fully saturated rings. The Morgan fingerprint density at radius 1 is 0.774 bits per heavy atom. The van der Waals surface area contributed by atoms with Crippen LogP contribution in [-0.4, -0.2) is 14.5 Å². The van der Waals surface area contributed by atoms with E-state index in [0.717, 1.165) is 16.7 Å². The lowest BCUT2D eigenvalue weighted by atomic mass is 10.0. The molecule has 0 radical (unpaired) electrons. The predicted octanol–water partition coefficient (Wildman–Crippen LogP) is 5.23. The lowest BCUT2D eigenvalue weighted by Gasteiger charge is -2.12. The van der Waals surface area contributed by atoms with E-state index in [9.17, 15) is 8.42 Å². The molecule has 5 rings (SSSR count). The van der Waals surface area contributed by atoms with Gasteiger partial charge in [-0.2, -0.15) is 0 Å². The van der Waals surface area contributed by atoms with E-state index in [0.29, 0.717) is 17.1 Å². The second kappa shape index (κ2) is 7.94. The standard InChI is InChI=1S/C27H20O3S/c28-31(29,23-14-8-3-9-15-23)27-24-18-21(17-16-20-10-4-1-5-11-20)19-25(24)30-26(27)22-12-6-2-7-13-22/h1-15,19,24-25H,18H2. The quantitative estimate of drug-likeness (QED) is 0.541. The molecule has 0 amide bonds. The zero-order chi connectivity index (χ0) is 21.3. The largest absolute Gasteiger partial charge is 0.484 e. The van der Waals surface area contributed by atoms with Gasteiger partial charge in [-0.1, -0.05) is 78.6 Å². The minimum atomic E-state index is -3.71. The van der Waals surface area contributed by atoms with Crippen molar-refractivity contribution < 1.29 is 13.2 Å². The predicted molar refractivity (Wildman–Crippen MR) is 121 cm³/mol. The third-order valence-electron chi connectivity index (χ3n) is 5.54. The first kappa shape index (κ1) is 19.4. The van der Waals surface area contributed by atoms with Crippen molar-refractivity contribution >= 4 is 15.6 Å². The summed E-state index contributed by atoms with van der Waals surface area (Å²) < 4.78 is 33.5. The first-order valence-corrected chi connectivity index (χ1v) is 11.7. The smallest absolute Gasteiger partial charge is 0.206 e. The monoisotopic (exact) mass is 424 g/mol. The van der Waals surface area contributed by atoms with Gasteiger partial charge in [0.1, 0.15) is 11.9 Å². The summed E-state index contributed by atoms with van der Waals surface area (Å²) in [5, 5.41) is 0. The molecule has 1 heterocycles. The van der Waals surface area contributed by atoms with Crippen LogP contribution in [0.2, 0.25) is 0 Å². The topological polar surface area (TPSA) is 43.4 Å². The lowest BCUT2D eigenvalue weighted by Crippen LogP contribution is -2.16. The summed E-state index contributed by atoms with van der Waals surface area (Å²) in [5.74, 6) is 6.54. The molecule has 3 aromatic rings. The van der Waals surface area contributed by atoms with Gasteiger partial charge in [0.25, 0.3) is 0 Å². The van der Waals surface area contributed by atoms with Gasteiger partial charge in [0.15, 0.2) is 0 Å². The summed E-state index contributed by atoms with van der Waals surface area (Å²) in [6.45, 7) is 0. The fourth-order valence-corrected chi connectivity index (χ4v) is 5.87. The van der Waals surface area contributed by atoms with Gasteiger partial charge in [-0.3, -0.25) is 0 Å². The summed E-state index contributed by atoms with van der Waals surface area (Å²) in [7, 11) is -3.71. The Balaban J connectivity index is 1.54. The van der Waals surface area contributed by atoms with Crippen molar-refractivity contribution in [3.05, 3.63) is 119 Å². The zero-order valence-corrected chi connectivity index (χ0v) is 17.5. The molecule has 0 spiro atoms. The molecule has 152 valence electrons. The Bertz CT molecular complexity index is 1330. The summed E-state index contributed by atoms with van der Waals surface area (Å²) in [5.41, 5.74) is 2.61. The van der Waals surface area contributed by atoms with Crippen molar-refractivity contribution in [1.29, 1.82) is 0 Å². The Hall–Kier alpha value is -3.55. The molecule has 1 aliphatic carbocycles. The van der Waals surface area contributed by atoms with E-state index in [1.54, 1.807) is 24.3 Å². The highest BCUT2D eigenvalue weighted by Crippen LogP contribution is 2.48. The number of fused-ring (bicyclic) bond motifs is 1. The van der Waals surface area contributed by atoms with Crippen molar-refractivity contribution in [3.8, 4) is 11.8 Å². The van der Waals surface area contributed by atoms with Gasteiger partial charge in [-0.25, -0.2) is 8.42 Å². The molecule has 0 bridgehead atoms. The fourth-order valence-electron chi connectivity index (χ4n) is 4.07. The van der Waals surface area contributed by atoms with Crippen LogP contribution in [0.3, 0.4) is 0 Å². The molecule has 4 heteroatoms. The Kier molecular flexibility index (Phi) is 4.97. The number of rotatable bonds is 3. The van der Waals surface area contributed by atoms with Gasteiger partial charge in [0, 0.05) is 22.6 Å². The Morgan fingerprint density at radius 2 is 1.39 bits per heavy atom. The van der Waals surface area contributed by atoms with Crippen LogP contribution in [0.1, 0.15) is 17.5 Å². The molecule has 0 N–H and O–H groups in total. The number of hydrogen-bond donors (Lipinski definition) is 0. The van der Waals surface area contributed by atoms with Gasteiger partial charge >= 0.3 is 0 Å². The molecule has 31 heavy (non-hydrogen) atoms. The maximum atomic E-state index is 13.6. The molecule has 0 aromatic heterocycles. The van der Waals surface area contributed by atoms with Crippen molar-refractivity contribution in [2.24, 2.45) is 5.92 Å². The molecule has 3 nitrogen and oxygen atoms in total. The number of allylic oxidation sites excluding steroid dienone is 1. The average molecular weight is 425 g/mol. The van der Waals surface area contributed by atoms with E-state index in [4.69, 9.17) is 4.74 Å². The third kappa shape index (κ3) is 3.69. The first-order valence-electron chi connectivity index (χ1n) is 10.2. The SMILES string of the molecule is O=S(=O)(C1=C(c2ccccc2)OC2C=C(C#Cc3ccccc3)CC12)c1ccccc1. The van der Waals surface area contributed by atoms with Crippen molar-refractivity contribution in [2.75, 3.05) is 0 Å². The highest BCUT2D eigenvalue weighted by Gasteiger charge is 2.46.